The molecule has 4 aromatic rings. The Hall–Kier alpha value is -4.36. The van der Waals surface area contributed by atoms with E-state index >= 15 is 8.63 Å². The molecule has 2 aliphatic rings. The highest BCUT2D eigenvalue weighted by molar-refractivity contribution is 6.96. The summed E-state index contributed by atoms with van der Waals surface area (Å²) in [7, 11) is 0. The molecule has 3 heterocycles. The van der Waals surface area contributed by atoms with Crippen LogP contribution in [0.2, 0.25) is 0 Å². The van der Waals surface area contributed by atoms with Crippen LogP contribution >= 0.6 is 0 Å². The van der Waals surface area contributed by atoms with Crippen molar-refractivity contribution in [3.63, 3.8) is 0 Å². The van der Waals surface area contributed by atoms with Gasteiger partial charge in [-0.1, -0.05) is 98.0 Å². The maximum atomic E-state index is 15.1. The quantitative estimate of drug-likeness (QED) is 0.240. The molecule has 2 aliphatic heterocycles. The highest BCUT2D eigenvalue weighted by atomic mass is 19.2. The molecule has 0 amide bonds. The number of hydrogen-bond acceptors (Lipinski definition) is 0. The Labute approximate surface area is 241 Å². The van der Waals surface area contributed by atoms with Crippen molar-refractivity contribution >= 4 is 41.9 Å². The standard InChI is InChI=1S/C35H32B2F2N2/c1-23-19-25(3)34(26(4)20-23)36(35-27(5)21-24(2)22-28(35)6)30-14-11-29(12-15-30)13-16-31-32-9-7-17-40(32)37(38,39)41-18-8-10-33(31)41/h7-12,14-15,17-22H,1-6H3. The van der Waals surface area contributed by atoms with Crippen LogP contribution < -0.4 is 16.4 Å². The van der Waals surface area contributed by atoms with Gasteiger partial charge in [0.05, 0.1) is 0 Å². The van der Waals surface area contributed by atoms with E-state index in [1.165, 1.54) is 62.2 Å². The van der Waals surface area contributed by atoms with Gasteiger partial charge in [0.1, 0.15) is 11.8 Å². The van der Waals surface area contributed by atoms with Crippen LogP contribution in [0.4, 0.5) is 8.63 Å². The van der Waals surface area contributed by atoms with E-state index in [1.807, 2.05) is 12.1 Å². The molecule has 202 valence electrons. The number of benzene rings is 3. The minimum Gasteiger partial charge on any atom is -0.395 e. The first kappa shape index (κ1) is 26.8. The summed E-state index contributed by atoms with van der Waals surface area (Å²) in [5, 5.41) is 0. The molecular weight excluding hydrogens is 508 g/mol. The van der Waals surface area contributed by atoms with Gasteiger partial charge < -0.3 is 17.6 Å². The SMILES string of the molecule is Cc1cc(C)c(B(c2ccc(C#CC3=C4C=CC=[N+]4[B-](F)(F)n4cccc43)cc2)c2c(C)cc(C)cc2C)c(C)c1. The first-order chi connectivity index (χ1) is 19.6. The molecule has 0 radical (unpaired) electrons. The van der Waals surface area contributed by atoms with Crippen LogP contribution in [0.15, 0.2) is 84.7 Å². The zero-order valence-corrected chi connectivity index (χ0v) is 24.4. The molecule has 0 saturated heterocycles. The fourth-order valence-corrected chi connectivity index (χ4v) is 6.81. The third kappa shape index (κ3) is 4.50. The lowest BCUT2D eigenvalue weighted by molar-refractivity contribution is -0.356. The zero-order chi connectivity index (χ0) is 29.1. The molecule has 0 atom stereocenters. The Morgan fingerprint density at radius 1 is 0.756 bits per heavy atom. The molecule has 0 saturated carbocycles. The maximum Gasteiger partial charge on any atom is 0.737 e. The Bertz CT molecular complexity index is 1780. The van der Waals surface area contributed by atoms with E-state index in [0.29, 0.717) is 17.0 Å². The van der Waals surface area contributed by atoms with Gasteiger partial charge >= 0.3 is 6.97 Å². The van der Waals surface area contributed by atoms with E-state index in [0.717, 1.165) is 14.5 Å². The lowest BCUT2D eigenvalue weighted by Gasteiger charge is -2.29. The number of aryl methyl sites for hydroxylation is 6. The first-order valence-electron chi connectivity index (χ1n) is 14.1. The van der Waals surface area contributed by atoms with Gasteiger partial charge in [-0.3, -0.25) is 0 Å². The molecule has 0 N–H and O–H groups in total. The van der Waals surface area contributed by atoms with Crippen molar-refractivity contribution < 1.29 is 13.1 Å². The summed E-state index contributed by atoms with van der Waals surface area (Å²) in [5.41, 5.74) is 13.9. The Morgan fingerprint density at radius 3 is 1.88 bits per heavy atom. The van der Waals surface area contributed by atoms with E-state index in [2.05, 4.69) is 89.8 Å². The summed E-state index contributed by atoms with van der Waals surface area (Å²) in [5.74, 6) is 6.48. The number of halogens is 2. The second-order valence-corrected chi connectivity index (χ2v) is 11.5. The largest absolute Gasteiger partial charge is 0.737 e. The summed E-state index contributed by atoms with van der Waals surface area (Å²) >= 11 is 0. The number of fused-ring (bicyclic) bond motifs is 2. The van der Waals surface area contributed by atoms with Crippen molar-refractivity contribution in [1.82, 2.24) is 4.48 Å². The highest BCUT2D eigenvalue weighted by Crippen LogP contribution is 2.34. The predicted molar refractivity (Wildman–Crippen MR) is 169 cm³/mol. The van der Waals surface area contributed by atoms with Gasteiger partial charge in [-0.05, 0) is 72.0 Å². The second-order valence-electron chi connectivity index (χ2n) is 11.5. The fourth-order valence-electron chi connectivity index (χ4n) is 6.81. The van der Waals surface area contributed by atoms with Crippen molar-refractivity contribution in [3.05, 3.63) is 129 Å². The average molecular weight is 540 g/mol. The normalized spacial score (nSPS) is 14.8. The van der Waals surface area contributed by atoms with Crippen molar-refractivity contribution in [2.75, 3.05) is 0 Å². The third-order valence-corrected chi connectivity index (χ3v) is 8.37. The molecule has 0 bridgehead atoms. The monoisotopic (exact) mass is 540 g/mol. The molecule has 0 fully saturated rings. The minimum absolute atomic E-state index is 0.0851. The maximum absolute atomic E-state index is 15.1. The summed E-state index contributed by atoms with van der Waals surface area (Å²) in [6.07, 6.45) is 6.22. The first-order valence-corrected chi connectivity index (χ1v) is 14.1. The summed E-state index contributed by atoms with van der Waals surface area (Å²) in [6, 6.07) is 20.9. The molecule has 2 nitrogen and oxygen atoms in total. The van der Waals surface area contributed by atoms with Crippen LogP contribution in [-0.4, -0.2) is 28.9 Å². The Morgan fingerprint density at radius 2 is 1.32 bits per heavy atom. The van der Waals surface area contributed by atoms with Crippen LogP contribution in [0.3, 0.4) is 0 Å². The van der Waals surface area contributed by atoms with Crippen LogP contribution in [0.25, 0.3) is 5.57 Å². The number of allylic oxidation sites excluding steroid dienone is 3. The average Bonchev–Trinajstić information content (AvgIpc) is 3.59. The summed E-state index contributed by atoms with van der Waals surface area (Å²) in [4.78, 5) is 0. The molecule has 0 unspecified atom stereocenters. The number of nitrogens with zero attached hydrogens (tertiary/aromatic N) is 2. The summed E-state index contributed by atoms with van der Waals surface area (Å²) in [6.45, 7) is 9.29. The van der Waals surface area contributed by atoms with E-state index in [9.17, 15) is 0 Å². The Balaban J connectivity index is 1.44. The molecule has 0 spiro atoms. The molecule has 3 aromatic carbocycles. The lowest BCUT2D eigenvalue weighted by atomic mass is 9.34. The van der Waals surface area contributed by atoms with Gasteiger partial charge in [-0.15, -0.1) is 0 Å². The zero-order valence-electron chi connectivity index (χ0n) is 24.4. The predicted octanol–water partition coefficient (Wildman–Crippen LogP) is 5.51. The van der Waals surface area contributed by atoms with Crippen LogP contribution in [0, 0.1) is 53.4 Å². The molecule has 6 rings (SSSR count). The summed E-state index contributed by atoms with van der Waals surface area (Å²) < 4.78 is 32.2. The van der Waals surface area contributed by atoms with Gasteiger partial charge in [-0.2, -0.15) is 0 Å². The topological polar surface area (TPSA) is 7.94 Å². The fraction of sp³-hybridized carbons (Fsp3) is 0.171. The van der Waals surface area contributed by atoms with E-state index in [1.54, 1.807) is 24.3 Å². The smallest absolute Gasteiger partial charge is 0.395 e. The van der Waals surface area contributed by atoms with Crippen molar-refractivity contribution in [2.24, 2.45) is 0 Å². The van der Waals surface area contributed by atoms with E-state index in [4.69, 9.17) is 0 Å². The lowest BCUT2D eigenvalue weighted by Crippen LogP contribution is -2.55. The van der Waals surface area contributed by atoms with Crippen molar-refractivity contribution in [2.45, 2.75) is 41.5 Å². The molecule has 0 aliphatic carbocycles. The highest BCUT2D eigenvalue weighted by Gasteiger charge is 2.51. The van der Waals surface area contributed by atoms with Gasteiger partial charge in [0.25, 0.3) is 0 Å². The van der Waals surface area contributed by atoms with E-state index in [-0.39, 0.29) is 6.71 Å². The van der Waals surface area contributed by atoms with Crippen LogP contribution in [0.5, 0.6) is 0 Å². The molecular formula is C35H32B2F2N2. The van der Waals surface area contributed by atoms with Gasteiger partial charge in [0.15, 0.2) is 5.70 Å². The molecule has 41 heavy (non-hydrogen) atoms. The minimum atomic E-state index is -3.92. The molecule has 1 aromatic heterocycles. The van der Waals surface area contributed by atoms with Crippen molar-refractivity contribution in [3.8, 4) is 11.8 Å². The van der Waals surface area contributed by atoms with Crippen LogP contribution in [-0.2, 0) is 0 Å². The molecule has 6 heteroatoms. The number of rotatable bonds is 3. The van der Waals surface area contributed by atoms with E-state index < -0.39 is 6.97 Å². The van der Waals surface area contributed by atoms with Gasteiger partial charge in [0, 0.05) is 23.4 Å². The van der Waals surface area contributed by atoms with Gasteiger partial charge in [0.2, 0.25) is 6.71 Å². The third-order valence-electron chi connectivity index (χ3n) is 8.37. The van der Waals surface area contributed by atoms with Crippen LogP contribution in [0.1, 0.15) is 44.6 Å². The number of aromatic nitrogens is 1. The van der Waals surface area contributed by atoms with Crippen molar-refractivity contribution in [1.29, 1.82) is 0 Å². The van der Waals surface area contributed by atoms with Gasteiger partial charge in [-0.25, -0.2) is 0 Å². The Kier molecular flexibility index (Phi) is 6.50. The number of hydrogen-bond donors (Lipinski definition) is 0. The second kappa shape index (κ2) is 9.93.